The van der Waals surface area contributed by atoms with Gasteiger partial charge in [-0.15, -0.1) is 0 Å². The Morgan fingerprint density at radius 1 is 1.12 bits per heavy atom. The van der Waals surface area contributed by atoms with Crippen molar-refractivity contribution in [3.05, 3.63) is 6.33 Å². The van der Waals surface area contributed by atoms with Crippen molar-refractivity contribution < 1.29 is 5.11 Å². The third kappa shape index (κ3) is 3.89. The van der Waals surface area contributed by atoms with Crippen LogP contribution in [-0.4, -0.2) is 57.8 Å². The van der Waals surface area contributed by atoms with E-state index in [9.17, 15) is 5.11 Å². The van der Waals surface area contributed by atoms with Crippen LogP contribution in [0.5, 0.6) is 0 Å². The van der Waals surface area contributed by atoms with Gasteiger partial charge >= 0.3 is 0 Å². The Morgan fingerprint density at radius 2 is 1.92 bits per heavy atom. The molecule has 1 fully saturated rings. The lowest BCUT2D eigenvalue weighted by Gasteiger charge is -2.29. The first-order chi connectivity index (χ1) is 12.1. The Labute approximate surface area is 148 Å². The van der Waals surface area contributed by atoms with Gasteiger partial charge in [-0.25, -0.2) is 15.0 Å². The number of nitrogens with zero attached hydrogens (tertiary/aromatic N) is 5. The van der Waals surface area contributed by atoms with Gasteiger partial charge in [0.1, 0.15) is 17.4 Å². The summed E-state index contributed by atoms with van der Waals surface area (Å²) in [7, 11) is 3.82. The molecule has 1 aliphatic rings. The molecule has 0 bridgehead atoms. The Hall–Kier alpha value is -2.22. The zero-order valence-electron chi connectivity index (χ0n) is 15.2. The lowest BCUT2D eigenvalue weighted by molar-refractivity contribution is 0.116. The standard InChI is InChI=1S/C17H27N7O/c1-4-9-18-15-13-14(22-17(23-15)24(2)3)16(20-10-19-13)21-11-7-5-6-8-12(11)25/h10-12,25H,4-9H2,1-3H3,(H,18,22,23)(H,19,20,21)/t11-,12+/m1/s1. The van der Waals surface area contributed by atoms with Gasteiger partial charge in [0.25, 0.3) is 0 Å². The number of aromatic nitrogens is 4. The summed E-state index contributed by atoms with van der Waals surface area (Å²) in [4.78, 5) is 19.9. The molecule has 1 saturated carbocycles. The number of anilines is 3. The molecule has 0 amide bonds. The topological polar surface area (TPSA) is 99.1 Å². The van der Waals surface area contributed by atoms with Gasteiger partial charge in [-0.2, -0.15) is 4.98 Å². The first-order valence-electron chi connectivity index (χ1n) is 8.98. The quantitative estimate of drug-likeness (QED) is 0.731. The highest BCUT2D eigenvalue weighted by atomic mass is 16.3. The molecule has 2 heterocycles. The van der Waals surface area contributed by atoms with E-state index in [-0.39, 0.29) is 12.1 Å². The molecule has 0 aliphatic heterocycles. The van der Waals surface area contributed by atoms with Gasteiger partial charge in [-0.05, 0) is 19.3 Å². The number of nitrogens with one attached hydrogen (secondary N) is 2. The second-order valence-electron chi connectivity index (χ2n) is 6.72. The average molecular weight is 345 g/mol. The molecule has 3 rings (SSSR count). The van der Waals surface area contributed by atoms with E-state index in [0.29, 0.717) is 28.6 Å². The van der Waals surface area contributed by atoms with Crippen LogP contribution < -0.4 is 15.5 Å². The van der Waals surface area contributed by atoms with Gasteiger partial charge in [0.15, 0.2) is 11.6 Å². The maximum atomic E-state index is 10.3. The maximum Gasteiger partial charge on any atom is 0.227 e. The fourth-order valence-electron chi connectivity index (χ4n) is 3.06. The molecular weight excluding hydrogens is 318 g/mol. The second-order valence-corrected chi connectivity index (χ2v) is 6.72. The summed E-state index contributed by atoms with van der Waals surface area (Å²) in [6, 6.07) is -0.00308. The first-order valence-corrected chi connectivity index (χ1v) is 8.98. The Kier molecular flexibility index (Phi) is 5.47. The molecule has 2 aromatic rings. The molecule has 0 saturated heterocycles. The van der Waals surface area contributed by atoms with E-state index in [1.807, 2.05) is 19.0 Å². The van der Waals surface area contributed by atoms with Crippen LogP contribution in [0.3, 0.4) is 0 Å². The molecule has 1 aliphatic carbocycles. The third-order valence-electron chi connectivity index (χ3n) is 4.46. The highest BCUT2D eigenvalue weighted by molar-refractivity contribution is 5.93. The number of rotatable bonds is 6. The number of hydrogen-bond acceptors (Lipinski definition) is 8. The van der Waals surface area contributed by atoms with Crippen molar-refractivity contribution >= 4 is 28.6 Å². The monoisotopic (exact) mass is 345 g/mol. The van der Waals surface area contributed by atoms with Gasteiger partial charge in [-0.1, -0.05) is 19.8 Å². The highest BCUT2D eigenvalue weighted by Gasteiger charge is 2.24. The zero-order chi connectivity index (χ0) is 17.8. The van der Waals surface area contributed by atoms with Crippen molar-refractivity contribution in [3.8, 4) is 0 Å². The Bertz CT molecular complexity index is 721. The van der Waals surface area contributed by atoms with Crippen molar-refractivity contribution in [2.75, 3.05) is 36.2 Å². The molecule has 25 heavy (non-hydrogen) atoms. The van der Waals surface area contributed by atoms with Gasteiger partial charge < -0.3 is 20.6 Å². The SMILES string of the molecule is CCCNc1nc(N(C)C)nc2c(N[C@@H]3CCCC[C@@H]3O)ncnc12. The summed E-state index contributed by atoms with van der Waals surface area (Å²) in [5, 5.41) is 17.0. The maximum absolute atomic E-state index is 10.3. The van der Waals surface area contributed by atoms with Crippen LogP contribution in [0.1, 0.15) is 39.0 Å². The minimum atomic E-state index is -0.355. The van der Waals surface area contributed by atoms with Crippen molar-refractivity contribution in [3.63, 3.8) is 0 Å². The molecule has 136 valence electrons. The van der Waals surface area contributed by atoms with E-state index in [1.54, 1.807) is 0 Å². The predicted octanol–water partition coefficient (Wildman–Crippen LogP) is 2.02. The van der Waals surface area contributed by atoms with Crippen LogP contribution >= 0.6 is 0 Å². The molecule has 2 aromatic heterocycles. The molecular formula is C17H27N7O. The van der Waals surface area contributed by atoms with Crippen LogP contribution in [0.2, 0.25) is 0 Å². The number of aliphatic hydroxyl groups is 1. The van der Waals surface area contributed by atoms with E-state index in [4.69, 9.17) is 0 Å². The van der Waals surface area contributed by atoms with Crippen molar-refractivity contribution in [1.82, 2.24) is 19.9 Å². The summed E-state index contributed by atoms with van der Waals surface area (Å²) in [5.74, 6) is 1.97. The highest BCUT2D eigenvalue weighted by Crippen LogP contribution is 2.28. The van der Waals surface area contributed by atoms with Crippen molar-refractivity contribution in [1.29, 1.82) is 0 Å². The molecule has 0 aromatic carbocycles. The van der Waals surface area contributed by atoms with E-state index in [0.717, 1.165) is 38.6 Å². The average Bonchev–Trinajstić information content (AvgIpc) is 2.61. The van der Waals surface area contributed by atoms with Gasteiger partial charge in [-0.3, -0.25) is 0 Å². The summed E-state index contributed by atoms with van der Waals surface area (Å²) in [6.07, 6.45) is 6.09. The van der Waals surface area contributed by atoms with Gasteiger partial charge in [0.2, 0.25) is 5.95 Å². The number of hydrogen-bond donors (Lipinski definition) is 3. The van der Waals surface area contributed by atoms with Gasteiger partial charge in [0, 0.05) is 20.6 Å². The summed E-state index contributed by atoms with van der Waals surface area (Å²) >= 11 is 0. The first kappa shape index (κ1) is 17.6. The fraction of sp³-hybridized carbons (Fsp3) is 0.647. The molecule has 8 nitrogen and oxygen atoms in total. The van der Waals surface area contributed by atoms with Crippen LogP contribution in [0.4, 0.5) is 17.6 Å². The van der Waals surface area contributed by atoms with Crippen LogP contribution in [0.15, 0.2) is 6.33 Å². The normalized spacial score (nSPS) is 20.5. The van der Waals surface area contributed by atoms with Crippen LogP contribution in [0.25, 0.3) is 11.0 Å². The number of aliphatic hydroxyl groups excluding tert-OH is 1. The third-order valence-corrected chi connectivity index (χ3v) is 4.46. The van der Waals surface area contributed by atoms with Crippen molar-refractivity contribution in [2.45, 2.75) is 51.2 Å². The summed E-state index contributed by atoms with van der Waals surface area (Å²) in [6.45, 7) is 2.92. The molecule has 0 radical (unpaired) electrons. The van der Waals surface area contributed by atoms with Crippen molar-refractivity contribution in [2.24, 2.45) is 0 Å². The minimum absolute atomic E-state index is 0.00308. The minimum Gasteiger partial charge on any atom is -0.391 e. The van der Waals surface area contributed by atoms with E-state index < -0.39 is 0 Å². The zero-order valence-corrected chi connectivity index (χ0v) is 15.2. The summed E-state index contributed by atoms with van der Waals surface area (Å²) < 4.78 is 0. The van der Waals surface area contributed by atoms with Gasteiger partial charge in [0.05, 0.1) is 12.1 Å². The fourth-order valence-corrected chi connectivity index (χ4v) is 3.06. The molecule has 0 spiro atoms. The Balaban J connectivity index is 2.01. The molecule has 3 N–H and O–H groups in total. The summed E-state index contributed by atoms with van der Waals surface area (Å²) in [5.41, 5.74) is 1.37. The van der Waals surface area contributed by atoms with Crippen LogP contribution in [0, 0.1) is 0 Å². The van der Waals surface area contributed by atoms with E-state index >= 15 is 0 Å². The lowest BCUT2D eigenvalue weighted by atomic mass is 9.92. The smallest absolute Gasteiger partial charge is 0.227 e. The lowest BCUT2D eigenvalue weighted by Crippen LogP contribution is -2.36. The number of fused-ring (bicyclic) bond motifs is 1. The largest absolute Gasteiger partial charge is 0.391 e. The van der Waals surface area contributed by atoms with E-state index in [2.05, 4.69) is 37.5 Å². The van der Waals surface area contributed by atoms with E-state index in [1.165, 1.54) is 6.33 Å². The van der Waals surface area contributed by atoms with Crippen LogP contribution in [-0.2, 0) is 0 Å². The molecule has 8 heteroatoms. The Morgan fingerprint density at radius 3 is 2.64 bits per heavy atom. The second kappa shape index (κ2) is 7.77. The molecule has 2 atom stereocenters. The predicted molar refractivity (Wildman–Crippen MR) is 100 cm³/mol. The molecule has 0 unspecified atom stereocenters.